The number of hydrogen-bond acceptors (Lipinski definition) is 2. The van der Waals surface area contributed by atoms with Crippen molar-refractivity contribution in [2.45, 2.75) is 5.92 Å². The number of carboxylic acids is 1. The fourth-order valence-electron chi connectivity index (χ4n) is 1.70. The highest BCUT2D eigenvalue weighted by Gasteiger charge is 2.23. The summed E-state index contributed by atoms with van der Waals surface area (Å²) >= 11 is 5.21. The summed E-state index contributed by atoms with van der Waals surface area (Å²) in [6.07, 6.45) is 5.21. The van der Waals surface area contributed by atoms with E-state index in [2.05, 4.69) is 0 Å². The number of benzene rings is 1. The Morgan fingerprint density at radius 3 is 2.56 bits per heavy atom. The van der Waals surface area contributed by atoms with Gasteiger partial charge in [-0.3, -0.25) is 0 Å². The van der Waals surface area contributed by atoms with Crippen molar-refractivity contribution in [1.29, 1.82) is 0 Å². The molecule has 80 valence electrons. The van der Waals surface area contributed by atoms with E-state index >= 15 is 0 Å². The van der Waals surface area contributed by atoms with Crippen molar-refractivity contribution in [3.05, 3.63) is 59.7 Å². The van der Waals surface area contributed by atoms with Crippen LogP contribution < -0.4 is 0 Å². The van der Waals surface area contributed by atoms with Gasteiger partial charge in [0.05, 0.1) is 5.57 Å². The zero-order valence-corrected chi connectivity index (χ0v) is 9.28. The van der Waals surface area contributed by atoms with Crippen LogP contribution in [0.2, 0.25) is 0 Å². The fourth-order valence-corrected chi connectivity index (χ4v) is 2.07. The van der Waals surface area contributed by atoms with Gasteiger partial charge >= 0.3 is 5.97 Å². The quantitative estimate of drug-likeness (QED) is 0.794. The van der Waals surface area contributed by atoms with Crippen molar-refractivity contribution in [2.75, 3.05) is 0 Å². The highest BCUT2D eigenvalue weighted by molar-refractivity contribution is 7.81. The van der Waals surface area contributed by atoms with E-state index in [0.29, 0.717) is 4.86 Å². The van der Waals surface area contributed by atoms with Gasteiger partial charge in [-0.25, -0.2) is 4.79 Å². The summed E-state index contributed by atoms with van der Waals surface area (Å²) < 4.78 is 0. The molecule has 3 heteroatoms. The van der Waals surface area contributed by atoms with Crippen molar-refractivity contribution in [1.82, 2.24) is 0 Å². The van der Waals surface area contributed by atoms with E-state index in [4.69, 9.17) is 17.3 Å². The molecule has 2 rings (SSSR count). The molecule has 0 saturated carbocycles. The molecule has 0 fully saturated rings. The molecule has 16 heavy (non-hydrogen) atoms. The monoisotopic (exact) mass is 230 g/mol. The van der Waals surface area contributed by atoms with E-state index in [9.17, 15) is 4.79 Å². The number of aliphatic carboxylic acids is 1. The normalized spacial score (nSPS) is 19.4. The van der Waals surface area contributed by atoms with Crippen LogP contribution in [-0.2, 0) is 4.79 Å². The van der Waals surface area contributed by atoms with Gasteiger partial charge < -0.3 is 5.11 Å². The number of carbonyl (C=O) groups is 1. The molecule has 0 amide bonds. The van der Waals surface area contributed by atoms with Crippen molar-refractivity contribution >= 4 is 23.1 Å². The van der Waals surface area contributed by atoms with Gasteiger partial charge in [-0.05, 0) is 11.6 Å². The SMILES string of the molecule is O=C(O)C1=CC=CC(c2ccccc2)C1=S. The smallest absolute Gasteiger partial charge is 0.336 e. The van der Waals surface area contributed by atoms with Gasteiger partial charge in [0, 0.05) is 10.8 Å². The highest BCUT2D eigenvalue weighted by Crippen LogP contribution is 2.26. The van der Waals surface area contributed by atoms with Gasteiger partial charge in [-0.1, -0.05) is 54.7 Å². The van der Waals surface area contributed by atoms with Gasteiger partial charge in [-0.15, -0.1) is 0 Å². The minimum absolute atomic E-state index is 0.104. The lowest BCUT2D eigenvalue weighted by molar-refractivity contribution is -0.132. The first-order chi connectivity index (χ1) is 7.70. The van der Waals surface area contributed by atoms with Gasteiger partial charge in [-0.2, -0.15) is 0 Å². The van der Waals surface area contributed by atoms with Gasteiger partial charge in [0.15, 0.2) is 0 Å². The fraction of sp³-hybridized carbons (Fsp3) is 0.0769. The second-order valence-electron chi connectivity index (χ2n) is 3.52. The maximum atomic E-state index is 11.0. The van der Waals surface area contributed by atoms with E-state index in [1.54, 1.807) is 12.2 Å². The zero-order chi connectivity index (χ0) is 11.5. The predicted molar refractivity (Wildman–Crippen MR) is 66.6 cm³/mol. The third-order valence-electron chi connectivity index (χ3n) is 2.50. The standard InChI is InChI=1S/C13H10O2S/c14-13(15)11-8-4-7-10(12(11)16)9-5-2-1-3-6-9/h1-8,10H,(H,14,15). The molecule has 1 aromatic rings. The van der Waals surface area contributed by atoms with Gasteiger partial charge in [0.25, 0.3) is 0 Å². The maximum absolute atomic E-state index is 11.0. The number of hydrogen-bond donors (Lipinski definition) is 1. The predicted octanol–water partition coefficient (Wildman–Crippen LogP) is 2.72. The Balaban J connectivity index is 2.35. The zero-order valence-electron chi connectivity index (χ0n) is 8.46. The first-order valence-electron chi connectivity index (χ1n) is 4.91. The molecule has 0 radical (unpaired) electrons. The summed E-state index contributed by atoms with van der Waals surface area (Å²) in [6.45, 7) is 0. The number of thiocarbonyl (C=S) groups is 1. The minimum atomic E-state index is -0.963. The van der Waals surface area contributed by atoms with Crippen LogP contribution in [0, 0.1) is 0 Å². The Morgan fingerprint density at radius 1 is 1.25 bits per heavy atom. The molecule has 0 spiro atoms. The summed E-state index contributed by atoms with van der Waals surface area (Å²) in [7, 11) is 0. The average Bonchev–Trinajstić information content (AvgIpc) is 2.30. The lowest BCUT2D eigenvalue weighted by Crippen LogP contribution is -2.19. The Labute approximate surface area is 98.9 Å². The Bertz CT molecular complexity index is 486. The molecule has 1 aliphatic carbocycles. The van der Waals surface area contributed by atoms with Crippen molar-refractivity contribution in [2.24, 2.45) is 0 Å². The molecule has 0 heterocycles. The van der Waals surface area contributed by atoms with Crippen LogP contribution in [0.3, 0.4) is 0 Å². The lowest BCUT2D eigenvalue weighted by Gasteiger charge is -2.18. The topological polar surface area (TPSA) is 37.3 Å². The third-order valence-corrected chi connectivity index (χ3v) is 2.98. The van der Waals surface area contributed by atoms with E-state index in [0.717, 1.165) is 5.56 Å². The Hall–Kier alpha value is -1.74. The average molecular weight is 230 g/mol. The molecule has 0 aliphatic heterocycles. The summed E-state index contributed by atoms with van der Waals surface area (Å²) in [5, 5.41) is 8.98. The number of rotatable bonds is 2. The van der Waals surface area contributed by atoms with Crippen molar-refractivity contribution < 1.29 is 9.90 Å². The largest absolute Gasteiger partial charge is 0.478 e. The minimum Gasteiger partial charge on any atom is -0.478 e. The summed E-state index contributed by atoms with van der Waals surface area (Å²) in [4.78, 5) is 11.4. The van der Waals surface area contributed by atoms with Crippen molar-refractivity contribution in [3.63, 3.8) is 0 Å². The Kier molecular flexibility index (Phi) is 2.97. The van der Waals surface area contributed by atoms with E-state index in [-0.39, 0.29) is 11.5 Å². The second kappa shape index (κ2) is 4.41. The molecule has 0 aromatic heterocycles. The van der Waals surface area contributed by atoms with Crippen LogP contribution in [0.15, 0.2) is 54.1 Å². The second-order valence-corrected chi connectivity index (χ2v) is 3.96. The van der Waals surface area contributed by atoms with E-state index in [1.165, 1.54) is 0 Å². The molecule has 1 atom stereocenters. The first-order valence-corrected chi connectivity index (χ1v) is 5.32. The van der Waals surface area contributed by atoms with Crippen LogP contribution in [0.1, 0.15) is 11.5 Å². The summed E-state index contributed by atoms with van der Waals surface area (Å²) in [6, 6.07) is 9.67. The summed E-state index contributed by atoms with van der Waals surface area (Å²) in [5.74, 6) is -1.07. The van der Waals surface area contributed by atoms with E-state index in [1.807, 2.05) is 36.4 Å². The number of carboxylic acid groups (broad SMARTS) is 1. The van der Waals surface area contributed by atoms with Crippen LogP contribution in [-0.4, -0.2) is 15.9 Å². The van der Waals surface area contributed by atoms with Crippen LogP contribution in [0.4, 0.5) is 0 Å². The maximum Gasteiger partial charge on any atom is 0.336 e. The number of allylic oxidation sites excluding steroid dienone is 3. The molecule has 0 saturated heterocycles. The van der Waals surface area contributed by atoms with Gasteiger partial charge in [0.2, 0.25) is 0 Å². The molecule has 1 aromatic carbocycles. The lowest BCUT2D eigenvalue weighted by atomic mass is 9.88. The highest BCUT2D eigenvalue weighted by atomic mass is 32.1. The Morgan fingerprint density at radius 2 is 1.94 bits per heavy atom. The van der Waals surface area contributed by atoms with Crippen molar-refractivity contribution in [3.8, 4) is 0 Å². The first kappa shape index (κ1) is 10.8. The van der Waals surface area contributed by atoms with Crippen LogP contribution >= 0.6 is 12.2 Å². The molecule has 1 aliphatic rings. The summed E-state index contributed by atoms with van der Waals surface area (Å²) in [5.41, 5.74) is 1.24. The van der Waals surface area contributed by atoms with Crippen LogP contribution in [0.25, 0.3) is 0 Å². The third kappa shape index (κ3) is 1.95. The van der Waals surface area contributed by atoms with Gasteiger partial charge in [0.1, 0.15) is 0 Å². The molecule has 1 N–H and O–H groups in total. The molecule has 0 bridgehead atoms. The molecular formula is C13H10O2S. The molecule has 1 unspecified atom stereocenters. The van der Waals surface area contributed by atoms with Crippen LogP contribution in [0.5, 0.6) is 0 Å². The molecule has 2 nitrogen and oxygen atoms in total. The molecular weight excluding hydrogens is 220 g/mol. The van der Waals surface area contributed by atoms with E-state index < -0.39 is 5.97 Å².